The van der Waals surface area contributed by atoms with Gasteiger partial charge in [-0.15, -0.1) is 0 Å². The SMILES string of the molecule is C=C(O)c1nc2ccccc2c(=O)[nH]1.CC. The summed E-state index contributed by atoms with van der Waals surface area (Å²) in [6.07, 6.45) is 0. The summed E-state index contributed by atoms with van der Waals surface area (Å²) in [4.78, 5) is 17.9. The highest BCUT2D eigenvalue weighted by molar-refractivity contribution is 5.78. The number of benzene rings is 1. The number of hydrogen-bond donors (Lipinski definition) is 2. The molecule has 0 spiro atoms. The number of nitrogens with zero attached hydrogens (tertiary/aromatic N) is 1. The normalized spacial score (nSPS) is 9.38. The Morgan fingerprint density at radius 3 is 2.62 bits per heavy atom. The smallest absolute Gasteiger partial charge is 0.259 e. The summed E-state index contributed by atoms with van der Waals surface area (Å²) in [7, 11) is 0. The van der Waals surface area contributed by atoms with Gasteiger partial charge in [-0.25, -0.2) is 4.98 Å². The molecule has 0 radical (unpaired) electrons. The second kappa shape index (κ2) is 5.11. The first kappa shape index (κ1) is 12.0. The molecule has 1 aromatic heterocycles. The van der Waals surface area contributed by atoms with Crippen LogP contribution >= 0.6 is 0 Å². The molecule has 2 rings (SSSR count). The van der Waals surface area contributed by atoms with Crippen molar-refractivity contribution in [2.75, 3.05) is 0 Å². The molecule has 0 amide bonds. The lowest BCUT2D eigenvalue weighted by Gasteiger charge is -1.99. The van der Waals surface area contributed by atoms with Crippen LogP contribution in [-0.2, 0) is 0 Å². The molecule has 4 heteroatoms. The Kier molecular flexibility index (Phi) is 3.83. The van der Waals surface area contributed by atoms with Gasteiger partial charge in [0.05, 0.1) is 10.9 Å². The van der Waals surface area contributed by atoms with Crippen LogP contribution in [0.4, 0.5) is 0 Å². The summed E-state index contributed by atoms with van der Waals surface area (Å²) < 4.78 is 0. The largest absolute Gasteiger partial charge is 0.505 e. The van der Waals surface area contributed by atoms with Crippen LogP contribution in [0.3, 0.4) is 0 Å². The van der Waals surface area contributed by atoms with Crippen LogP contribution in [0.5, 0.6) is 0 Å². The molecule has 0 bridgehead atoms. The van der Waals surface area contributed by atoms with Crippen molar-refractivity contribution in [3.63, 3.8) is 0 Å². The fourth-order valence-corrected chi connectivity index (χ4v) is 1.22. The summed E-state index contributed by atoms with van der Waals surface area (Å²) in [6.45, 7) is 7.30. The topological polar surface area (TPSA) is 66.0 Å². The summed E-state index contributed by atoms with van der Waals surface area (Å²) >= 11 is 0. The average molecular weight is 218 g/mol. The molecular formula is C12H14N2O2. The Bertz CT molecular complexity index is 558. The van der Waals surface area contributed by atoms with Crippen molar-refractivity contribution < 1.29 is 5.11 Å². The molecule has 0 atom stereocenters. The first-order chi connectivity index (χ1) is 7.68. The number of fused-ring (bicyclic) bond motifs is 1. The zero-order valence-corrected chi connectivity index (χ0v) is 9.32. The molecule has 0 saturated heterocycles. The van der Waals surface area contributed by atoms with Gasteiger partial charge in [-0.3, -0.25) is 4.79 Å². The Morgan fingerprint density at radius 1 is 1.38 bits per heavy atom. The Morgan fingerprint density at radius 2 is 2.00 bits per heavy atom. The molecule has 0 aliphatic rings. The van der Waals surface area contributed by atoms with Crippen molar-refractivity contribution in [3.8, 4) is 0 Å². The second-order valence-corrected chi connectivity index (χ2v) is 2.88. The van der Waals surface area contributed by atoms with Crippen LogP contribution < -0.4 is 5.56 Å². The molecule has 0 aliphatic heterocycles. The van der Waals surface area contributed by atoms with Crippen LogP contribution in [0.25, 0.3) is 16.7 Å². The van der Waals surface area contributed by atoms with E-state index in [2.05, 4.69) is 16.5 Å². The van der Waals surface area contributed by atoms with E-state index in [1.807, 2.05) is 13.8 Å². The Hall–Kier alpha value is -2.10. The van der Waals surface area contributed by atoms with E-state index in [9.17, 15) is 4.79 Å². The standard InChI is InChI=1S/C10H8N2O2.C2H6/c1-6(13)9-11-8-5-3-2-4-7(8)10(14)12-9;1-2/h2-5,13H,1H2,(H,11,12,14);1-2H3. The maximum Gasteiger partial charge on any atom is 0.259 e. The molecule has 16 heavy (non-hydrogen) atoms. The minimum absolute atomic E-state index is 0.105. The van der Waals surface area contributed by atoms with Gasteiger partial charge in [-0.2, -0.15) is 0 Å². The highest BCUT2D eigenvalue weighted by Crippen LogP contribution is 2.08. The predicted octanol–water partition coefficient (Wildman–Crippen LogP) is 2.48. The number of H-pyrrole nitrogens is 1. The first-order valence-electron chi connectivity index (χ1n) is 5.06. The summed E-state index contributed by atoms with van der Waals surface area (Å²) in [5.74, 6) is -0.137. The van der Waals surface area contributed by atoms with Crippen molar-refractivity contribution in [1.29, 1.82) is 0 Å². The molecular weight excluding hydrogens is 204 g/mol. The number of nitrogens with one attached hydrogen (secondary N) is 1. The maximum atomic E-state index is 11.5. The molecule has 2 N–H and O–H groups in total. The minimum atomic E-state index is -0.277. The Balaban J connectivity index is 0.000000606. The van der Waals surface area contributed by atoms with E-state index in [1.54, 1.807) is 24.3 Å². The third-order valence-corrected chi connectivity index (χ3v) is 1.89. The van der Waals surface area contributed by atoms with Crippen LogP contribution in [0.1, 0.15) is 19.7 Å². The zero-order chi connectivity index (χ0) is 12.1. The molecule has 84 valence electrons. The van der Waals surface area contributed by atoms with Gasteiger partial charge < -0.3 is 10.1 Å². The maximum absolute atomic E-state index is 11.5. The molecule has 0 saturated carbocycles. The fraction of sp³-hybridized carbons (Fsp3) is 0.167. The lowest BCUT2D eigenvalue weighted by Crippen LogP contribution is -2.10. The summed E-state index contributed by atoms with van der Waals surface area (Å²) in [5.41, 5.74) is 0.266. The number of aliphatic hydroxyl groups is 1. The van der Waals surface area contributed by atoms with E-state index in [-0.39, 0.29) is 17.1 Å². The van der Waals surface area contributed by atoms with E-state index >= 15 is 0 Å². The first-order valence-corrected chi connectivity index (χ1v) is 5.06. The van der Waals surface area contributed by atoms with E-state index in [0.717, 1.165) is 0 Å². The molecule has 1 heterocycles. The van der Waals surface area contributed by atoms with Crippen molar-refractivity contribution in [3.05, 3.63) is 47.0 Å². The van der Waals surface area contributed by atoms with Gasteiger partial charge in [0.2, 0.25) is 0 Å². The van der Waals surface area contributed by atoms with Gasteiger partial charge in [0.15, 0.2) is 11.6 Å². The lowest BCUT2D eigenvalue weighted by molar-refractivity contribution is 0.507. The molecule has 0 aliphatic carbocycles. The second-order valence-electron chi connectivity index (χ2n) is 2.88. The van der Waals surface area contributed by atoms with Gasteiger partial charge >= 0.3 is 0 Å². The molecule has 0 fully saturated rings. The van der Waals surface area contributed by atoms with Gasteiger partial charge in [-0.05, 0) is 12.1 Å². The fourth-order valence-electron chi connectivity index (χ4n) is 1.22. The molecule has 1 aromatic carbocycles. The van der Waals surface area contributed by atoms with Crippen molar-refractivity contribution in [2.24, 2.45) is 0 Å². The van der Waals surface area contributed by atoms with Crippen molar-refractivity contribution >= 4 is 16.7 Å². The highest BCUT2D eigenvalue weighted by Gasteiger charge is 2.03. The summed E-state index contributed by atoms with van der Waals surface area (Å²) in [5, 5.41) is 9.58. The Labute approximate surface area is 93.3 Å². The van der Waals surface area contributed by atoms with Crippen LogP contribution in [0.2, 0.25) is 0 Å². The van der Waals surface area contributed by atoms with E-state index < -0.39 is 0 Å². The lowest BCUT2D eigenvalue weighted by atomic mass is 10.2. The third-order valence-electron chi connectivity index (χ3n) is 1.89. The minimum Gasteiger partial charge on any atom is -0.505 e. The van der Waals surface area contributed by atoms with Crippen molar-refractivity contribution in [2.45, 2.75) is 13.8 Å². The van der Waals surface area contributed by atoms with Gasteiger partial charge in [0.1, 0.15) is 0 Å². The number of para-hydroxylation sites is 1. The van der Waals surface area contributed by atoms with Crippen LogP contribution in [0, 0.1) is 0 Å². The van der Waals surface area contributed by atoms with Crippen LogP contribution in [-0.4, -0.2) is 15.1 Å². The number of rotatable bonds is 1. The predicted molar refractivity (Wildman–Crippen MR) is 65.4 cm³/mol. The quantitative estimate of drug-likeness (QED) is 0.722. The molecule has 2 aromatic rings. The van der Waals surface area contributed by atoms with Gasteiger partial charge in [0, 0.05) is 0 Å². The molecule has 0 unspecified atom stereocenters. The number of aliphatic hydroxyl groups excluding tert-OH is 1. The van der Waals surface area contributed by atoms with Crippen LogP contribution in [0.15, 0.2) is 35.6 Å². The number of aromatic nitrogens is 2. The summed E-state index contributed by atoms with van der Waals surface area (Å²) in [6, 6.07) is 6.91. The highest BCUT2D eigenvalue weighted by atomic mass is 16.3. The zero-order valence-electron chi connectivity index (χ0n) is 9.32. The van der Waals surface area contributed by atoms with Gasteiger partial charge in [0.25, 0.3) is 5.56 Å². The van der Waals surface area contributed by atoms with E-state index in [1.165, 1.54) is 0 Å². The van der Waals surface area contributed by atoms with E-state index in [0.29, 0.717) is 10.9 Å². The van der Waals surface area contributed by atoms with E-state index in [4.69, 9.17) is 5.11 Å². The number of aromatic amines is 1. The number of hydrogen-bond acceptors (Lipinski definition) is 3. The van der Waals surface area contributed by atoms with Crippen molar-refractivity contribution in [1.82, 2.24) is 9.97 Å². The third kappa shape index (κ3) is 2.28. The van der Waals surface area contributed by atoms with Gasteiger partial charge in [-0.1, -0.05) is 32.6 Å². The molecule has 4 nitrogen and oxygen atoms in total. The monoisotopic (exact) mass is 218 g/mol. The average Bonchev–Trinajstić information content (AvgIpc) is 2.31.